The Morgan fingerprint density at radius 2 is 1.93 bits per heavy atom. The summed E-state index contributed by atoms with van der Waals surface area (Å²) >= 11 is 0. The average molecular weight is 201 g/mol. The van der Waals surface area contributed by atoms with E-state index in [0.717, 1.165) is 11.3 Å². The van der Waals surface area contributed by atoms with Crippen molar-refractivity contribution in [3.05, 3.63) is 42.0 Å². The fraction of sp³-hybridized carbons (Fsp3) is 0.231. The Labute approximate surface area is 89.7 Å². The molecule has 2 rings (SSSR count). The molecule has 0 aromatic heterocycles. The van der Waals surface area contributed by atoms with Crippen LogP contribution in [0.1, 0.15) is 12.5 Å². The molecule has 0 aliphatic rings. The minimum Gasteiger partial charge on any atom is -0.494 e. The Balaban J connectivity index is 2.64. The lowest BCUT2D eigenvalue weighted by Gasteiger charge is -2.11. The van der Waals surface area contributed by atoms with E-state index < -0.39 is 0 Å². The second kappa shape index (κ2) is 4.32. The quantitative estimate of drug-likeness (QED) is 0.828. The predicted octanol–water partition coefficient (Wildman–Crippen LogP) is 2.70. The normalized spacial score (nSPS) is 10.5. The number of fused-ring (bicyclic) bond motifs is 1. The summed E-state index contributed by atoms with van der Waals surface area (Å²) in [4.78, 5) is 0. The molecule has 2 N–H and O–H groups in total. The van der Waals surface area contributed by atoms with Gasteiger partial charge in [0.2, 0.25) is 0 Å². The molecule has 78 valence electrons. The maximum absolute atomic E-state index is 5.77. The van der Waals surface area contributed by atoms with Gasteiger partial charge in [-0.2, -0.15) is 0 Å². The highest BCUT2D eigenvalue weighted by atomic mass is 16.5. The van der Waals surface area contributed by atoms with Crippen LogP contribution >= 0.6 is 0 Å². The molecule has 15 heavy (non-hydrogen) atoms. The minimum absolute atomic E-state index is 0.511. The molecule has 2 heteroatoms. The van der Waals surface area contributed by atoms with E-state index in [-0.39, 0.29) is 0 Å². The second-order valence-corrected chi connectivity index (χ2v) is 3.40. The summed E-state index contributed by atoms with van der Waals surface area (Å²) in [7, 11) is 0. The Bertz CT molecular complexity index is 465. The molecule has 0 fully saturated rings. The van der Waals surface area contributed by atoms with E-state index in [4.69, 9.17) is 10.5 Å². The third kappa shape index (κ3) is 1.81. The summed E-state index contributed by atoms with van der Waals surface area (Å²) in [6.45, 7) is 3.16. The van der Waals surface area contributed by atoms with Crippen molar-refractivity contribution in [1.82, 2.24) is 0 Å². The van der Waals surface area contributed by atoms with Gasteiger partial charge in [0.05, 0.1) is 6.61 Å². The number of hydrogen-bond acceptors (Lipinski definition) is 2. The molecule has 2 nitrogen and oxygen atoms in total. The summed E-state index contributed by atoms with van der Waals surface area (Å²) in [6, 6.07) is 12.3. The Morgan fingerprint density at radius 1 is 1.13 bits per heavy atom. The van der Waals surface area contributed by atoms with Crippen molar-refractivity contribution in [3.8, 4) is 5.75 Å². The number of ether oxygens (including phenoxy) is 1. The van der Waals surface area contributed by atoms with Crippen LogP contribution in [-0.2, 0) is 6.54 Å². The number of rotatable bonds is 3. The summed E-state index contributed by atoms with van der Waals surface area (Å²) in [6.07, 6.45) is 0. The van der Waals surface area contributed by atoms with E-state index in [1.165, 1.54) is 10.8 Å². The lowest BCUT2D eigenvalue weighted by Crippen LogP contribution is -2.02. The molecule has 0 saturated carbocycles. The van der Waals surface area contributed by atoms with Crippen molar-refractivity contribution in [3.63, 3.8) is 0 Å². The molecule has 2 aromatic carbocycles. The fourth-order valence-corrected chi connectivity index (χ4v) is 1.82. The first-order valence-electron chi connectivity index (χ1n) is 5.20. The lowest BCUT2D eigenvalue weighted by molar-refractivity contribution is 0.337. The molecule has 2 aromatic rings. The van der Waals surface area contributed by atoms with Crippen molar-refractivity contribution in [2.75, 3.05) is 6.61 Å². The van der Waals surface area contributed by atoms with Crippen molar-refractivity contribution in [2.24, 2.45) is 5.73 Å². The molecular weight excluding hydrogens is 186 g/mol. The van der Waals surface area contributed by atoms with Crippen LogP contribution in [-0.4, -0.2) is 6.61 Å². The molecule has 0 radical (unpaired) electrons. The minimum atomic E-state index is 0.511. The van der Waals surface area contributed by atoms with Gasteiger partial charge in [0.25, 0.3) is 0 Å². The van der Waals surface area contributed by atoms with Gasteiger partial charge in [0.15, 0.2) is 0 Å². The highest BCUT2D eigenvalue weighted by molar-refractivity contribution is 5.87. The molecule has 0 heterocycles. The van der Waals surface area contributed by atoms with Crippen LogP contribution in [0.15, 0.2) is 36.4 Å². The van der Waals surface area contributed by atoms with E-state index >= 15 is 0 Å². The smallest absolute Gasteiger partial charge is 0.124 e. The summed E-state index contributed by atoms with van der Waals surface area (Å²) in [5.74, 6) is 0.902. The van der Waals surface area contributed by atoms with Crippen LogP contribution in [0.3, 0.4) is 0 Å². The first-order chi connectivity index (χ1) is 7.36. The highest BCUT2D eigenvalue weighted by Crippen LogP contribution is 2.27. The zero-order valence-electron chi connectivity index (χ0n) is 8.86. The first-order valence-corrected chi connectivity index (χ1v) is 5.20. The first kappa shape index (κ1) is 9.99. The number of nitrogens with two attached hydrogens (primary N) is 1. The molecule has 0 aliphatic heterocycles. The Kier molecular flexibility index (Phi) is 2.88. The zero-order chi connectivity index (χ0) is 10.7. The summed E-state index contributed by atoms with van der Waals surface area (Å²) in [5, 5.41) is 2.40. The van der Waals surface area contributed by atoms with Gasteiger partial charge in [-0.25, -0.2) is 0 Å². The standard InChI is InChI=1S/C13H15NO/c1-2-15-13-8-7-10-5-3-4-6-11(10)12(13)9-14/h3-8H,2,9,14H2,1H3. The molecule has 0 amide bonds. The third-order valence-corrected chi connectivity index (χ3v) is 2.50. The SMILES string of the molecule is CCOc1ccc2ccccc2c1CN. The Hall–Kier alpha value is -1.54. The summed E-state index contributed by atoms with van der Waals surface area (Å²) < 4.78 is 5.56. The van der Waals surface area contributed by atoms with Gasteiger partial charge >= 0.3 is 0 Å². The molecular formula is C13H15NO. The monoisotopic (exact) mass is 201 g/mol. The van der Waals surface area contributed by atoms with Crippen molar-refractivity contribution in [2.45, 2.75) is 13.5 Å². The van der Waals surface area contributed by atoms with E-state index in [9.17, 15) is 0 Å². The van der Waals surface area contributed by atoms with Gasteiger partial charge in [-0.1, -0.05) is 30.3 Å². The number of hydrogen-bond donors (Lipinski definition) is 1. The van der Waals surface area contributed by atoms with Crippen molar-refractivity contribution >= 4 is 10.8 Å². The highest BCUT2D eigenvalue weighted by Gasteiger charge is 2.05. The van der Waals surface area contributed by atoms with E-state index in [1.807, 2.05) is 25.1 Å². The van der Waals surface area contributed by atoms with Gasteiger partial charge in [0.1, 0.15) is 5.75 Å². The van der Waals surface area contributed by atoms with Crippen LogP contribution in [0.5, 0.6) is 5.75 Å². The molecule has 0 bridgehead atoms. The predicted molar refractivity (Wildman–Crippen MR) is 63.0 cm³/mol. The van der Waals surface area contributed by atoms with E-state index in [2.05, 4.69) is 18.2 Å². The van der Waals surface area contributed by atoms with Gasteiger partial charge < -0.3 is 10.5 Å². The molecule has 0 saturated heterocycles. The van der Waals surface area contributed by atoms with E-state index in [0.29, 0.717) is 13.2 Å². The average Bonchev–Trinajstić information content (AvgIpc) is 2.29. The maximum Gasteiger partial charge on any atom is 0.124 e. The fourth-order valence-electron chi connectivity index (χ4n) is 1.82. The van der Waals surface area contributed by atoms with E-state index in [1.54, 1.807) is 0 Å². The Morgan fingerprint density at radius 3 is 2.67 bits per heavy atom. The molecule has 0 unspecified atom stereocenters. The molecule has 0 atom stereocenters. The zero-order valence-corrected chi connectivity index (χ0v) is 8.86. The van der Waals surface area contributed by atoms with Crippen LogP contribution < -0.4 is 10.5 Å². The van der Waals surface area contributed by atoms with Crippen LogP contribution in [0.2, 0.25) is 0 Å². The maximum atomic E-state index is 5.77. The lowest BCUT2D eigenvalue weighted by atomic mass is 10.0. The largest absolute Gasteiger partial charge is 0.494 e. The number of benzene rings is 2. The van der Waals surface area contributed by atoms with Crippen LogP contribution in [0.4, 0.5) is 0 Å². The second-order valence-electron chi connectivity index (χ2n) is 3.40. The van der Waals surface area contributed by atoms with Crippen molar-refractivity contribution < 1.29 is 4.74 Å². The van der Waals surface area contributed by atoms with Crippen LogP contribution in [0.25, 0.3) is 10.8 Å². The van der Waals surface area contributed by atoms with Crippen molar-refractivity contribution in [1.29, 1.82) is 0 Å². The molecule has 0 aliphatic carbocycles. The van der Waals surface area contributed by atoms with Gasteiger partial charge in [-0.3, -0.25) is 0 Å². The van der Waals surface area contributed by atoms with Crippen LogP contribution in [0, 0.1) is 0 Å². The topological polar surface area (TPSA) is 35.2 Å². The summed E-state index contributed by atoms with van der Waals surface area (Å²) in [5.41, 5.74) is 6.86. The van der Waals surface area contributed by atoms with Gasteiger partial charge in [-0.05, 0) is 23.8 Å². The molecule has 0 spiro atoms. The third-order valence-electron chi connectivity index (χ3n) is 2.50. The van der Waals surface area contributed by atoms with Gasteiger partial charge in [0, 0.05) is 12.1 Å². The van der Waals surface area contributed by atoms with Gasteiger partial charge in [-0.15, -0.1) is 0 Å².